The van der Waals surface area contributed by atoms with Gasteiger partial charge in [-0.3, -0.25) is 19.9 Å². The number of non-ortho nitro benzene ring substituents is 1. The van der Waals surface area contributed by atoms with Gasteiger partial charge in [0.15, 0.2) is 11.2 Å². The van der Waals surface area contributed by atoms with E-state index in [9.17, 15) is 14.9 Å². The van der Waals surface area contributed by atoms with Gasteiger partial charge in [-0.2, -0.15) is 9.97 Å². The molecule has 0 amide bonds. The Morgan fingerprint density at radius 2 is 1.86 bits per heavy atom. The average molecular weight is 300 g/mol. The third-order valence-corrected chi connectivity index (χ3v) is 2.69. The van der Waals surface area contributed by atoms with Crippen LogP contribution >= 0.6 is 0 Å². The predicted molar refractivity (Wildman–Crippen MR) is 76.2 cm³/mol. The number of imidazole rings is 1. The van der Waals surface area contributed by atoms with Gasteiger partial charge in [0.1, 0.15) is 0 Å². The highest BCUT2D eigenvalue weighted by atomic mass is 16.6. The fraction of sp³-hybridized carbons (Fsp3) is 0. The summed E-state index contributed by atoms with van der Waals surface area (Å²) in [5, 5.41) is 18.2. The number of H-pyrrole nitrogens is 2. The van der Waals surface area contributed by atoms with E-state index in [4.69, 9.17) is 5.73 Å². The molecule has 0 radical (unpaired) electrons. The quantitative estimate of drug-likeness (QED) is 0.376. The minimum absolute atomic E-state index is 0.0473. The van der Waals surface area contributed by atoms with Crippen LogP contribution in [0, 0.1) is 10.1 Å². The fourth-order valence-corrected chi connectivity index (χ4v) is 1.71. The molecule has 0 aliphatic rings. The molecule has 4 N–H and O–H groups in total. The molecule has 2 aromatic heterocycles. The number of nitrogens with zero attached hydrogens (tertiary/aromatic N) is 5. The molecule has 22 heavy (non-hydrogen) atoms. The Morgan fingerprint density at radius 1 is 1.14 bits per heavy atom. The minimum atomic E-state index is -0.511. The molecule has 0 atom stereocenters. The number of azo groups is 1. The van der Waals surface area contributed by atoms with Crippen LogP contribution in [0.25, 0.3) is 11.2 Å². The molecule has 1 aromatic carbocycles. The van der Waals surface area contributed by atoms with Crippen molar-refractivity contribution in [3.05, 3.63) is 44.7 Å². The smallest absolute Gasteiger partial charge is 0.278 e. The van der Waals surface area contributed by atoms with E-state index < -0.39 is 10.5 Å². The third-order valence-electron chi connectivity index (χ3n) is 2.69. The Labute approximate surface area is 121 Å². The average Bonchev–Trinajstić information content (AvgIpc) is 2.89. The lowest BCUT2D eigenvalue weighted by Crippen LogP contribution is -2.10. The van der Waals surface area contributed by atoms with Crippen LogP contribution in [0.2, 0.25) is 0 Å². The second-order valence-corrected chi connectivity index (χ2v) is 4.18. The van der Waals surface area contributed by atoms with Gasteiger partial charge < -0.3 is 10.7 Å². The highest BCUT2D eigenvalue weighted by Crippen LogP contribution is 2.20. The normalized spacial score (nSPS) is 11.3. The van der Waals surface area contributed by atoms with Crippen molar-refractivity contribution in [1.82, 2.24) is 19.9 Å². The number of hydrogen-bond donors (Lipinski definition) is 3. The monoisotopic (exact) mass is 300 g/mol. The molecule has 0 fully saturated rings. The zero-order chi connectivity index (χ0) is 15.7. The molecule has 2 heterocycles. The van der Waals surface area contributed by atoms with E-state index in [1.54, 1.807) is 0 Å². The van der Waals surface area contributed by atoms with Crippen LogP contribution in [0.4, 0.5) is 23.3 Å². The standard InChI is InChI=1S/C11H8N8O3/c12-10-14-8-7(9(20)16-10)13-11(15-8)18-17-5-1-3-6(4-2-5)19(21)22/h1-4H,(H4,12,13,14,15,16,20). The number of nitrogen functional groups attached to an aromatic ring is 1. The Morgan fingerprint density at radius 3 is 2.55 bits per heavy atom. The number of hydrogen-bond acceptors (Lipinski definition) is 8. The number of nitro groups is 1. The molecule has 0 saturated heterocycles. The lowest BCUT2D eigenvalue weighted by Gasteiger charge is -1.91. The van der Waals surface area contributed by atoms with Gasteiger partial charge in [-0.1, -0.05) is 0 Å². The molecule has 3 aromatic rings. The molecule has 11 heteroatoms. The van der Waals surface area contributed by atoms with Crippen molar-refractivity contribution in [2.45, 2.75) is 0 Å². The van der Waals surface area contributed by atoms with Crippen LogP contribution in [0.1, 0.15) is 0 Å². The van der Waals surface area contributed by atoms with Crippen molar-refractivity contribution in [1.29, 1.82) is 0 Å². The maximum atomic E-state index is 11.6. The molecular weight excluding hydrogens is 292 g/mol. The lowest BCUT2D eigenvalue weighted by molar-refractivity contribution is -0.384. The van der Waals surface area contributed by atoms with Crippen LogP contribution in [-0.2, 0) is 0 Å². The lowest BCUT2D eigenvalue weighted by atomic mass is 10.3. The Kier molecular flexibility index (Phi) is 3.06. The SMILES string of the molecule is Nc1nc2nc(N=Nc3ccc([N+](=O)[O-])cc3)[nH]c2c(=O)[nH]1. The van der Waals surface area contributed by atoms with Gasteiger partial charge in [0.25, 0.3) is 11.2 Å². The van der Waals surface area contributed by atoms with Crippen molar-refractivity contribution < 1.29 is 4.92 Å². The second-order valence-electron chi connectivity index (χ2n) is 4.18. The van der Waals surface area contributed by atoms with Crippen molar-refractivity contribution in [3.63, 3.8) is 0 Å². The molecule has 110 valence electrons. The van der Waals surface area contributed by atoms with E-state index in [1.165, 1.54) is 24.3 Å². The summed E-state index contributed by atoms with van der Waals surface area (Å²) < 4.78 is 0. The van der Waals surface area contributed by atoms with Crippen molar-refractivity contribution in [2.75, 3.05) is 5.73 Å². The second kappa shape index (κ2) is 5.05. The highest BCUT2D eigenvalue weighted by Gasteiger charge is 2.08. The number of nitro benzene ring substituents is 1. The highest BCUT2D eigenvalue weighted by molar-refractivity contribution is 5.72. The number of benzene rings is 1. The zero-order valence-corrected chi connectivity index (χ0v) is 10.8. The summed E-state index contributed by atoms with van der Waals surface area (Å²) in [6.07, 6.45) is 0. The summed E-state index contributed by atoms with van der Waals surface area (Å²) in [7, 11) is 0. The molecule has 0 unspecified atom stereocenters. The van der Waals surface area contributed by atoms with Gasteiger partial charge in [0.2, 0.25) is 11.9 Å². The van der Waals surface area contributed by atoms with Gasteiger partial charge in [-0.25, -0.2) is 0 Å². The van der Waals surface area contributed by atoms with Gasteiger partial charge >= 0.3 is 0 Å². The number of nitrogens with two attached hydrogens (primary N) is 1. The Bertz CT molecular complexity index is 940. The number of aromatic amines is 2. The summed E-state index contributed by atoms with van der Waals surface area (Å²) in [5.74, 6) is 0.0137. The molecular formula is C11H8N8O3. The molecule has 0 spiro atoms. The number of nitrogens with one attached hydrogen (secondary N) is 2. The Hall–Kier alpha value is -3.63. The summed E-state index contributed by atoms with van der Waals surface area (Å²) in [6, 6.07) is 5.49. The minimum Gasteiger partial charge on any atom is -0.369 e. The van der Waals surface area contributed by atoms with Crippen LogP contribution in [0.3, 0.4) is 0 Å². The number of rotatable bonds is 3. The third kappa shape index (κ3) is 2.49. The summed E-state index contributed by atoms with van der Waals surface area (Å²) >= 11 is 0. The summed E-state index contributed by atoms with van der Waals surface area (Å²) in [6.45, 7) is 0. The number of anilines is 1. The van der Waals surface area contributed by atoms with Gasteiger partial charge in [0.05, 0.1) is 10.6 Å². The van der Waals surface area contributed by atoms with Crippen molar-refractivity contribution in [2.24, 2.45) is 10.2 Å². The van der Waals surface area contributed by atoms with E-state index in [0.717, 1.165) is 0 Å². The largest absolute Gasteiger partial charge is 0.369 e. The maximum absolute atomic E-state index is 11.6. The molecule has 0 bridgehead atoms. The first-order valence-electron chi connectivity index (χ1n) is 5.94. The van der Waals surface area contributed by atoms with E-state index >= 15 is 0 Å². The molecule has 0 saturated carbocycles. The first-order valence-corrected chi connectivity index (χ1v) is 5.94. The molecule has 0 aliphatic carbocycles. The first-order chi connectivity index (χ1) is 10.5. The maximum Gasteiger partial charge on any atom is 0.278 e. The van der Waals surface area contributed by atoms with Crippen LogP contribution in [0.5, 0.6) is 0 Å². The number of aromatic nitrogens is 4. The fourth-order valence-electron chi connectivity index (χ4n) is 1.71. The zero-order valence-electron chi connectivity index (χ0n) is 10.8. The first kappa shape index (κ1) is 13.4. The molecule has 11 nitrogen and oxygen atoms in total. The van der Waals surface area contributed by atoms with E-state index in [0.29, 0.717) is 5.69 Å². The molecule has 3 rings (SSSR count). The van der Waals surface area contributed by atoms with Gasteiger partial charge in [-0.05, 0) is 12.1 Å². The Balaban J connectivity index is 1.90. The van der Waals surface area contributed by atoms with E-state index in [-0.39, 0.29) is 28.7 Å². The number of fused-ring (bicyclic) bond motifs is 1. The van der Waals surface area contributed by atoms with Crippen LogP contribution < -0.4 is 11.3 Å². The molecule has 0 aliphatic heterocycles. The van der Waals surface area contributed by atoms with Crippen molar-refractivity contribution in [3.8, 4) is 0 Å². The summed E-state index contributed by atoms with van der Waals surface area (Å²) in [5.41, 5.74) is 5.55. The van der Waals surface area contributed by atoms with E-state index in [1.807, 2.05) is 0 Å². The van der Waals surface area contributed by atoms with Crippen LogP contribution in [0.15, 0.2) is 39.3 Å². The predicted octanol–water partition coefficient (Wildman–Crippen LogP) is 1.55. The van der Waals surface area contributed by atoms with Crippen LogP contribution in [-0.4, -0.2) is 24.9 Å². The topological polar surface area (TPSA) is 168 Å². The van der Waals surface area contributed by atoms with Crippen molar-refractivity contribution >= 4 is 34.4 Å². The van der Waals surface area contributed by atoms with Gasteiger partial charge in [-0.15, -0.1) is 10.2 Å². The summed E-state index contributed by atoms with van der Waals surface area (Å²) in [4.78, 5) is 34.4. The van der Waals surface area contributed by atoms with E-state index in [2.05, 4.69) is 30.2 Å². The van der Waals surface area contributed by atoms with Gasteiger partial charge in [0, 0.05) is 12.1 Å².